The second-order valence-electron chi connectivity index (χ2n) is 39.4. The number of phenols is 1. The van der Waals surface area contributed by atoms with Gasteiger partial charge in [0, 0.05) is 90.9 Å². The normalized spacial score (nSPS) is 19.5. The van der Waals surface area contributed by atoms with Crippen molar-refractivity contribution >= 4 is 142 Å². The van der Waals surface area contributed by atoms with E-state index >= 15 is 38.4 Å². The number of nitrogens with zero attached hydrogens (tertiary/aromatic N) is 8. The van der Waals surface area contributed by atoms with Crippen LogP contribution in [0, 0.1) is 34.0 Å². The van der Waals surface area contributed by atoms with Crippen molar-refractivity contribution in [2.45, 2.75) is 299 Å². The second kappa shape index (κ2) is 58.0. The fourth-order valence-electron chi connectivity index (χ4n) is 19.5. The summed E-state index contributed by atoms with van der Waals surface area (Å²) in [5.74, 6) is -21.4. The van der Waals surface area contributed by atoms with Crippen LogP contribution in [0.1, 0.15) is 200 Å². The number of guanidine groups is 3. The van der Waals surface area contributed by atoms with Crippen LogP contribution in [0.3, 0.4) is 0 Å². The number of aromatic amines is 1. The molecule has 0 aliphatic carbocycles. The van der Waals surface area contributed by atoms with Gasteiger partial charge in [0.1, 0.15) is 109 Å². The number of aliphatic carboxylic acids is 1. The molecule has 33 N–H and O–H groups in total. The first kappa shape index (κ1) is 120. The highest BCUT2D eigenvalue weighted by atomic mass is 16.4. The minimum Gasteiger partial charge on any atom is -0.508 e. The minimum absolute atomic E-state index is 0.00493. The van der Waals surface area contributed by atoms with Gasteiger partial charge in [-0.15, -0.1) is 0 Å². The molecular formula is C95H150N32O23. The van der Waals surface area contributed by atoms with Crippen molar-refractivity contribution in [2.75, 3.05) is 78.5 Å². The predicted octanol–water partition coefficient (Wildman–Crippen LogP) is -8.27. The van der Waals surface area contributed by atoms with Crippen molar-refractivity contribution in [3.63, 3.8) is 0 Å². The number of likely N-dealkylation sites (tertiary alicyclic amines) is 6. The zero-order valence-electron chi connectivity index (χ0n) is 85.7. The van der Waals surface area contributed by atoms with E-state index < -0.39 is 283 Å². The van der Waals surface area contributed by atoms with Crippen molar-refractivity contribution in [3.05, 3.63) is 48.0 Å². The zero-order chi connectivity index (χ0) is 111. The summed E-state index contributed by atoms with van der Waals surface area (Å²) >= 11 is 0. The molecule has 6 aliphatic heterocycles. The van der Waals surface area contributed by atoms with E-state index in [2.05, 4.69) is 79.1 Å². The number of aromatic hydroxyl groups is 1. The lowest BCUT2D eigenvalue weighted by Crippen LogP contribution is -2.62. The van der Waals surface area contributed by atoms with Crippen LogP contribution in [0.2, 0.25) is 0 Å². The fraction of sp³-hybridized carbons (Fsp3) is 0.653. The summed E-state index contributed by atoms with van der Waals surface area (Å²) in [4.78, 5) is 314. The first-order valence-corrected chi connectivity index (χ1v) is 51.0. The molecule has 2 aromatic rings. The third kappa shape index (κ3) is 35.3. The lowest BCUT2D eigenvalue weighted by Gasteiger charge is -2.35. The summed E-state index contributed by atoms with van der Waals surface area (Å²) in [7, 11) is 0. The van der Waals surface area contributed by atoms with Crippen LogP contribution in [0.15, 0.2) is 36.8 Å². The largest absolute Gasteiger partial charge is 0.508 e. The Labute approximate surface area is 867 Å². The van der Waals surface area contributed by atoms with Gasteiger partial charge in [-0.05, 0) is 157 Å². The minimum atomic E-state index is -1.83. The number of nitrogens with one attached hydrogen (secondary N) is 17. The number of benzene rings is 1. The van der Waals surface area contributed by atoms with Gasteiger partial charge in [-0.1, -0.05) is 60.1 Å². The van der Waals surface area contributed by atoms with Gasteiger partial charge in [0.25, 0.3) is 0 Å². The van der Waals surface area contributed by atoms with Crippen molar-refractivity contribution in [3.8, 4) is 5.75 Å². The maximum absolute atomic E-state index is 15.4. The maximum atomic E-state index is 15.4. The van der Waals surface area contributed by atoms with Gasteiger partial charge in [0.15, 0.2) is 17.9 Å². The molecule has 0 unspecified atom stereocenters. The van der Waals surface area contributed by atoms with E-state index in [4.69, 9.17) is 56.4 Å². The molecule has 6 fully saturated rings. The molecule has 828 valence electrons. The number of H-pyrrole nitrogens is 1. The summed E-state index contributed by atoms with van der Waals surface area (Å²) in [6.07, 6.45) is 2.26. The van der Waals surface area contributed by atoms with Crippen LogP contribution in [0.25, 0.3) is 0 Å². The summed E-state index contributed by atoms with van der Waals surface area (Å²) in [5, 5.41) is 77.5. The number of primary amides is 3. The Morgan fingerprint density at radius 3 is 1.23 bits per heavy atom. The third-order valence-electron chi connectivity index (χ3n) is 27.2. The van der Waals surface area contributed by atoms with Crippen LogP contribution in [0.5, 0.6) is 5.75 Å². The van der Waals surface area contributed by atoms with Crippen molar-refractivity contribution in [2.24, 2.45) is 57.9 Å². The number of hydrogen-bond acceptors (Lipinski definition) is 27. The number of carboxylic acids is 1. The average Bonchev–Trinajstić information content (AvgIpc) is 1.64. The Bertz CT molecular complexity index is 5170. The van der Waals surface area contributed by atoms with Gasteiger partial charge in [-0.2, -0.15) is 0 Å². The molecule has 55 nitrogen and oxygen atoms in total. The SMILES string of the molecule is CC[C@H](C)[C@H](NC(=O)[C@H](Cc1ccc(O)cc1)NC(=O)[C@@H](NC(=O)[C@@H]1CCCN1C(=O)[C@H](CCCNC(=N)N)NC(=O)[C@H](CC(N)=O)NC(=O)[C@H](CC(N)=O)NC(=O)CN)C(C)C)C(=O)N1CCC[C@H]1C(=O)N[C@@H](CCC(N)=O)C(=O)N1CCC[C@H]1C(=O)N[C@@H](CCCNC(=N)N)C(=O)N1CCC[C@H]1C(=O)N1CCC[C@H]1C(=O)N[C@@H](Cc1c[nH]cn1)C(=O)N1CCC[C@H]1C(=O)N[C@@H](CCCNC(=N)N)C(=O)N(CC(=O)O)CC(C)C. The summed E-state index contributed by atoms with van der Waals surface area (Å²) in [5.41, 5.74) is 39.3. The Balaban J connectivity index is 0.956. The molecule has 0 bridgehead atoms. The molecule has 6 aliphatic rings. The fourth-order valence-corrected chi connectivity index (χ4v) is 19.5. The predicted molar refractivity (Wildman–Crippen MR) is 538 cm³/mol. The Kier molecular flexibility index (Phi) is 46.4. The molecule has 17 atom stereocenters. The number of carbonyl (C=O) groups excluding carboxylic acids is 20. The molecule has 55 heteroatoms. The number of imidazole rings is 1. The average molecular weight is 2110 g/mol. The highest BCUT2D eigenvalue weighted by molar-refractivity contribution is 6.03. The van der Waals surface area contributed by atoms with E-state index in [1.54, 1.807) is 41.5 Å². The van der Waals surface area contributed by atoms with Gasteiger partial charge >= 0.3 is 5.97 Å². The van der Waals surface area contributed by atoms with Gasteiger partial charge < -0.3 is 159 Å². The molecule has 0 radical (unpaired) electrons. The number of aromatic nitrogens is 2. The lowest BCUT2D eigenvalue weighted by atomic mass is 9.96. The Morgan fingerprint density at radius 2 is 0.813 bits per heavy atom. The summed E-state index contributed by atoms with van der Waals surface area (Å²) < 4.78 is 0. The molecule has 8 rings (SSSR count). The number of phenolic OH excluding ortho intramolecular Hbond substituents is 1. The van der Waals surface area contributed by atoms with E-state index in [-0.39, 0.29) is 199 Å². The van der Waals surface area contributed by atoms with Gasteiger partial charge in [0.2, 0.25) is 118 Å². The maximum Gasteiger partial charge on any atom is 0.323 e. The summed E-state index contributed by atoms with van der Waals surface area (Å²) in [6, 6.07) is -17.0. The van der Waals surface area contributed by atoms with E-state index in [1.165, 1.54) is 61.3 Å². The van der Waals surface area contributed by atoms with Crippen LogP contribution < -0.4 is 109 Å². The number of carboxylic acid groups (broad SMARTS) is 1. The highest BCUT2D eigenvalue weighted by Crippen LogP contribution is 2.31. The van der Waals surface area contributed by atoms with Crippen molar-refractivity contribution in [1.29, 1.82) is 16.2 Å². The molecule has 20 amide bonds. The Morgan fingerprint density at radius 1 is 0.433 bits per heavy atom. The molecular weight excluding hydrogens is 1960 g/mol. The standard InChI is InChI=1S/C95H150N32O23/c1-7-52(6)76(120-79(137)60(41-53-26-28-55(128)29-27-53)117-85(143)75(51(4)5)119-84(142)68-24-13-36-123(68)87(145)57(18-9-33-108-94(102)103)112-78(136)62(44-72(99)131)116-77(135)61(43-71(98)130)111-73(132)45-96)92(150)126-39-15-23-67(126)82(140)115-59(30-31-70(97)129)89(147)122-35-11-20-64(122)81(139)114-58(19-10-34-109-95(104)105)88(146)127-40-16-25-69(127)91(149)125-38-14-22-66(125)83(141)118-63(42-54-46-106-49-110-54)90(148)124-37-12-21-65(124)80(138)113-56(17-8-32-107-93(100)101)86(144)121(47-50(2)3)48-74(133)134/h26-29,46,49-52,56-69,75-76,128H,7-25,30-45,47-48,96H2,1-6H3,(H2,97,129)(H2,98,130)(H2,99,131)(H,106,110)(H,111,132)(H,112,136)(H,113,138)(H,114,139)(H,115,140)(H,116,135)(H,117,143)(H,118,141)(H,119,142)(H,120,137)(H,133,134)(H4,100,101,107)(H4,102,103,108)(H4,104,105,109)/t52-,56-,57-,58-,59-,60-,61-,62-,63-,64-,65-,66-,67-,68-,69-,75-,76-/m0/s1. The van der Waals surface area contributed by atoms with Gasteiger partial charge in [-0.3, -0.25) is 117 Å². The van der Waals surface area contributed by atoms with E-state index in [0.717, 1.165) is 9.80 Å². The summed E-state index contributed by atoms with van der Waals surface area (Å²) in [6.45, 7) is 9.00. The number of nitrogens with two attached hydrogens (primary N) is 7. The van der Waals surface area contributed by atoms with E-state index in [1.807, 2.05) is 0 Å². The van der Waals surface area contributed by atoms with Gasteiger partial charge in [-0.25, -0.2) is 4.98 Å². The van der Waals surface area contributed by atoms with Crippen LogP contribution >= 0.6 is 0 Å². The van der Waals surface area contributed by atoms with Crippen molar-refractivity contribution < 1.29 is 111 Å². The molecule has 6 saturated heterocycles. The quantitative estimate of drug-likeness (QED) is 0.0166. The molecule has 1 aromatic carbocycles. The first-order chi connectivity index (χ1) is 71.1. The smallest absolute Gasteiger partial charge is 0.323 e. The van der Waals surface area contributed by atoms with Crippen LogP contribution in [-0.2, 0) is 114 Å². The molecule has 7 heterocycles. The van der Waals surface area contributed by atoms with Crippen LogP contribution in [0.4, 0.5) is 0 Å². The van der Waals surface area contributed by atoms with E-state index in [9.17, 15) is 72.5 Å². The Hall–Kier alpha value is -15.1. The number of rotatable bonds is 57. The van der Waals surface area contributed by atoms with E-state index in [0.29, 0.717) is 30.5 Å². The first-order valence-electron chi connectivity index (χ1n) is 51.0. The van der Waals surface area contributed by atoms with Crippen molar-refractivity contribution in [1.82, 2.24) is 113 Å². The molecule has 1 aromatic heterocycles. The molecule has 150 heavy (non-hydrogen) atoms. The topological polar surface area (TPSA) is 860 Å². The van der Waals surface area contributed by atoms with Gasteiger partial charge in [0.05, 0.1) is 31.4 Å². The van der Waals surface area contributed by atoms with Crippen LogP contribution in [-0.4, -0.2) is 372 Å². The molecule has 0 saturated carbocycles. The second-order valence-corrected chi connectivity index (χ2v) is 39.4. The zero-order valence-corrected chi connectivity index (χ0v) is 85.7. The number of amides is 20. The molecule has 0 spiro atoms. The number of hydrogen-bond donors (Lipinski definition) is 26. The lowest BCUT2D eigenvalue weighted by molar-refractivity contribution is -0.149. The monoisotopic (exact) mass is 2110 g/mol. The number of carbonyl (C=O) groups is 21. The third-order valence-corrected chi connectivity index (χ3v) is 27.2. The highest BCUT2D eigenvalue weighted by Gasteiger charge is 2.50.